The summed E-state index contributed by atoms with van der Waals surface area (Å²) in [5, 5.41) is 10.6. The van der Waals surface area contributed by atoms with Crippen molar-refractivity contribution in [1.29, 1.82) is 0 Å². The zero-order chi connectivity index (χ0) is 67.3. The van der Waals surface area contributed by atoms with Crippen molar-refractivity contribution in [2.45, 2.75) is 381 Å². The normalized spacial score (nSPS) is 14.2. The summed E-state index contributed by atoms with van der Waals surface area (Å²) in [7, 11) is -9.91. The monoisotopic (exact) mass is 1340 g/mol. The number of hydrogen-bond acceptors (Lipinski definition) is 15. The Hall–Kier alpha value is -1.94. The molecule has 0 amide bonds. The molecule has 0 spiro atoms. The van der Waals surface area contributed by atoms with Gasteiger partial charge < -0.3 is 33.8 Å². The van der Waals surface area contributed by atoms with E-state index in [4.69, 9.17) is 37.0 Å². The minimum Gasteiger partial charge on any atom is -0.462 e. The Bertz CT molecular complexity index is 1780. The van der Waals surface area contributed by atoms with E-state index in [1.807, 2.05) is 0 Å². The Morgan fingerprint density at radius 1 is 0.297 bits per heavy atom. The van der Waals surface area contributed by atoms with Crippen molar-refractivity contribution in [2.24, 2.45) is 17.8 Å². The number of phosphoric ester groups is 2. The summed E-state index contributed by atoms with van der Waals surface area (Å²) >= 11 is 0. The second-order valence-electron chi connectivity index (χ2n) is 27.4. The van der Waals surface area contributed by atoms with Crippen molar-refractivity contribution in [3.05, 3.63) is 0 Å². The van der Waals surface area contributed by atoms with Gasteiger partial charge in [-0.15, -0.1) is 0 Å². The molecule has 0 saturated carbocycles. The van der Waals surface area contributed by atoms with E-state index in [0.717, 1.165) is 108 Å². The molecule has 2 unspecified atom stereocenters. The average Bonchev–Trinajstić information content (AvgIpc) is 3.27. The topological polar surface area (TPSA) is 237 Å². The first-order chi connectivity index (χ1) is 43.7. The van der Waals surface area contributed by atoms with Crippen LogP contribution in [-0.2, 0) is 65.4 Å². The molecule has 0 saturated heterocycles. The number of ether oxygens (including phenoxy) is 4. The molecule has 19 heteroatoms. The fourth-order valence-corrected chi connectivity index (χ4v) is 12.5. The van der Waals surface area contributed by atoms with Crippen molar-refractivity contribution in [2.75, 3.05) is 39.6 Å². The van der Waals surface area contributed by atoms with Crippen LogP contribution in [0.1, 0.15) is 363 Å². The molecule has 0 aliphatic rings. The van der Waals surface area contributed by atoms with E-state index in [1.165, 1.54) is 173 Å². The number of aliphatic hydroxyl groups is 1. The van der Waals surface area contributed by atoms with Crippen LogP contribution in [0.4, 0.5) is 0 Å². The van der Waals surface area contributed by atoms with Crippen LogP contribution in [0.15, 0.2) is 0 Å². The fraction of sp³-hybridized carbons (Fsp3) is 0.944. The molecule has 17 nitrogen and oxygen atoms in total. The Balaban J connectivity index is 5.27. The highest BCUT2D eigenvalue weighted by molar-refractivity contribution is 7.47. The maximum Gasteiger partial charge on any atom is 0.472 e. The summed E-state index contributed by atoms with van der Waals surface area (Å²) in [6, 6.07) is 0. The molecule has 0 aliphatic carbocycles. The van der Waals surface area contributed by atoms with Crippen LogP contribution >= 0.6 is 15.6 Å². The number of rotatable bonds is 70. The molecule has 540 valence electrons. The second kappa shape index (κ2) is 62.8. The van der Waals surface area contributed by atoms with Gasteiger partial charge in [0.05, 0.1) is 26.4 Å². The van der Waals surface area contributed by atoms with Crippen LogP contribution in [0.25, 0.3) is 0 Å². The van der Waals surface area contributed by atoms with E-state index in [-0.39, 0.29) is 25.7 Å². The van der Waals surface area contributed by atoms with E-state index < -0.39 is 97.5 Å². The lowest BCUT2D eigenvalue weighted by atomic mass is 10.0. The van der Waals surface area contributed by atoms with Gasteiger partial charge in [-0.25, -0.2) is 9.13 Å². The Labute approximate surface area is 556 Å². The summed E-state index contributed by atoms with van der Waals surface area (Å²) in [5.74, 6) is 0.116. The lowest BCUT2D eigenvalue weighted by Gasteiger charge is -2.21. The highest BCUT2D eigenvalue weighted by atomic mass is 31.2. The van der Waals surface area contributed by atoms with E-state index >= 15 is 0 Å². The summed E-state index contributed by atoms with van der Waals surface area (Å²) in [6.07, 6.45) is 47.1. The zero-order valence-electron chi connectivity index (χ0n) is 59.3. The minimum atomic E-state index is -4.95. The van der Waals surface area contributed by atoms with Gasteiger partial charge in [0.1, 0.15) is 19.3 Å². The Kier molecular flexibility index (Phi) is 61.5. The molecule has 3 N–H and O–H groups in total. The van der Waals surface area contributed by atoms with Crippen LogP contribution in [0.3, 0.4) is 0 Å². The molecule has 91 heavy (non-hydrogen) atoms. The van der Waals surface area contributed by atoms with Gasteiger partial charge >= 0.3 is 39.5 Å². The molecule has 0 aliphatic heterocycles. The molecule has 0 radical (unpaired) electrons. The van der Waals surface area contributed by atoms with E-state index in [2.05, 4.69) is 48.5 Å². The minimum absolute atomic E-state index is 0.105. The molecule has 0 aromatic carbocycles. The number of carbonyl (C=O) groups excluding carboxylic acids is 4. The Morgan fingerprint density at radius 3 is 0.747 bits per heavy atom. The van der Waals surface area contributed by atoms with Crippen LogP contribution in [-0.4, -0.2) is 96.7 Å². The number of carbonyl (C=O) groups is 4. The molecule has 5 atom stereocenters. The summed E-state index contributed by atoms with van der Waals surface area (Å²) in [5.41, 5.74) is 0. The van der Waals surface area contributed by atoms with Crippen LogP contribution < -0.4 is 0 Å². The summed E-state index contributed by atoms with van der Waals surface area (Å²) < 4.78 is 68.4. The third-order valence-corrected chi connectivity index (χ3v) is 18.5. The quantitative estimate of drug-likeness (QED) is 0.0222. The van der Waals surface area contributed by atoms with Crippen molar-refractivity contribution in [3.63, 3.8) is 0 Å². The standard InChI is InChI=1S/C72H140O17P2/c1-8-9-10-11-12-13-14-15-16-17-26-34-41-48-55-71(76)88-67(59-82-69(74)53-46-39-32-25-19-18-22-29-36-43-50-63(2)3)61-86-90(78,79)84-57-66(73)58-85-91(80,81)87-62-68(89-72(77)56-49-42-35-28-21-24-31-38-45-52-65(6)7)60-83-70(75)54-47-40-33-27-20-23-30-37-44-51-64(4)5/h63-68,73H,8-62H2,1-7H3,(H,78,79)(H,80,81)/t66-,67-,68-/m1/s1. The van der Waals surface area contributed by atoms with Crippen molar-refractivity contribution in [3.8, 4) is 0 Å². The lowest BCUT2D eigenvalue weighted by Crippen LogP contribution is -2.30. The second-order valence-corrected chi connectivity index (χ2v) is 30.3. The molecular weight excluding hydrogens is 1200 g/mol. The predicted molar refractivity (Wildman–Crippen MR) is 368 cm³/mol. The van der Waals surface area contributed by atoms with Crippen LogP contribution in [0, 0.1) is 17.8 Å². The van der Waals surface area contributed by atoms with Crippen molar-refractivity contribution < 1.29 is 80.2 Å². The SMILES string of the molecule is CCCCCCCCCCCCCCCCC(=O)O[C@H](COC(=O)CCCCCCCCCCCCC(C)C)COP(=O)(O)OC[C@@H](O)COP(=O)(O)OC[C@@H](COC(=O)CCCCCCCCCCCC(C)C)OC(=O)CCCCCCCCCCCC(C)C. The highest BCUT2D eigenvalue weighted by Crippen LogP contribution is 2.45. The van der Waals surface area contributed by atoms with Crippen molar-refractivity contribution >= 4 is 39.5 Å². The average molecular weight is 1340 g/mol. The van der Waals surface area contributed by atoms with Gasteiger partial charge in [0.15, 0.2) is 12.2 Å². The maximum atomic E-state index is 13.0. The molecule has 0 rings (SSSR count). The third-order valence-electron chi connectivity index (χ3n) is 16.6. The van der Waals surface area contributed by atoms with E-state index in [0.29, 0.717) is 25.7 Å². The zero-order valence-corrected chi connectivity index (χ0v) is 61.1. The van der Waals surface area contributed by atoms with Gasteiger partial charge in [0.2, 0.25) is 0 Å². The largest absolute Gasteiger partial charge is 0.472 e. The molecule has 0 bridgehead atoms. The van der Waals surface area contributed by atoms with Crippen LogP contribution in [0.2, 0.25) is 0 Å². The summed E-state index contributed by atoms with van der Waals surface area (Å²) in [4.78, 5) is 72.7. The van der Waals surface area contributed by atoms with Gasteiger partial charge in [-0.3, -0.25) is 37.3 Å². The van der Waals surface area contributed by atoms with Gasteiger partial charge in [-0.05, 0) is 43.4 Å². The van der Waals surface area contributed by atoms with Crippen LogP contribution in [0.5, 0.6) is 0 Å². The van der Waals surface area contributed by atoms with Gasteiger partial charge in [0.25, 0.3) is 0 Å². The lowest BCUT2D eigenvalue weighted by molar-refractivity contribution is -0.161. The molecule has 0 fully saturated rings. The van der Waals surface area contributed by atoms with E-state index in [9.17, 15) is 43.2 Å². The first kappa shape index (κ1) is 89.1. The molecule has 0 aromatic rings. The molecular formula is C72H140O17P2. The van der Waals surface area contributed by atoms with E-state index in [1.54, 1.807) is 0 Å². The number of esters is 4. The number of unbranched alkanes of at least 4 members (excludes halogenated alkanes) is 38. The molecule has 0 aromatic heterocycles. The Morgan fingerprint density at radius 2 is 0.505 bits per heavy atom. The highest BCUT2D eigenvalue weighted by Gasteiger charge is 2.30. The first-order valence-electron chi connectivity index (χ1n) is 37.3. The number of phosphoric acid groups is 2. The predicted octanol–water partition coefficient (Wildman–Crippen LogP) is 20.6. The number of aliphatic hydroxyl groups excluding tert-OH is 1. The first-order valence-corrected chi connectivity index (χ1v) is 40.3. The smallest absolute Gasteiger partial charge is 0.462 e. The van der Waals surface area contributed by atoms with Gasteiger partial charge in [0, 0.05) is 25.7 Å². The fourth-order valence-electron chi connectivity index (χ4n) is 10.9. The van der Waals surface area contributed by atoms with Gasteiger partial charge in [-0.1, -0.05) is 312 Å². The molecule has 0 heterocycles. The van der Waals surface area contributed by atoms with Crippen molar-refractivity contribution in [1.82, 2.24) is 0 Å². The summed E-state index contributed by atoms with van der Waals surface area (Å²) in [6.45, 7) is 11.8. The van der Waals surface area contributed by atoms with Gasteiger partial charge in [-0.2, -0.15) is 0 Å². The maximum absolute atomic E-state index is 13.0. The number of hydrogen-bond donors (Lipinski definition) is 3. The third kappa shape index (κ3) is 66.5.